The molecule has 2 nitrogen and oxygen atoms in total. The van der Waals surface area contributed by atoms with E-state index in [4.69, 9.17) is 6.42 Å². The normalized spacial score (nSPS) is 18.3. The minimum Gasteiger partial charge on any atom is -0.284 e. The number of allylic oxidation sites excluding steroid dienone is 6. The fraction of sp³-hybridized carbons (Fsp3) is 0.429. The van der Waals surface area contributed by atoms with Gasteiger partial charge in [-0.1, -0.05) is 61.8 Å². The molecular formula is C28H36F3NO. The van der Waals surface area contributed by atoms with Crippen LogP contribution < -0.4 is 0 Å². The first-order chi connectivity index (χ1) is 15.7. The SMILES string of the molecule is C#CC(=O)C(/C=C(\C=C/C)CC1=CCC(F)(F)C12CCC2)=NC.CC.Cc1ccc(F)cc1.[HH]. The Morgan fingerprint density at radius 1 is 1.24 bits per heavy atom. The van der Waals surface area contributed by atoms with E-state index in [1.807, 2.05) is 45.8 Å². The molecule has 1 saturated carbocycles. The third-order valence-corrected chi connectivity index (χ3v) is 5.84. The summed E-state index contributed by atoms with van der Waals surface area (Å²) >= 11 is 0. The fourth-order valence-electron chi connectivity index (χ4n) is 3.94. The van der Waals surface area contributed by atoms with Gasteiger partial charge in [-0.2, -0.15) is 0 Å². The van der Waals surface area contributed by atoms with Gasteiger partial charge in [0.1, 0.15) is 11.5 Å². The lowest BCUT2D eigenvalue weighted by Gasteiger charge is -2.45. The number of hydrogen-bond acceptors (Lipinski definition) is 2. The van der Waals surface area contributed by atoms with E-state index in [0.29, 0.717) is 19.3 Å². The summed E-state index contributed by atoms with van der Waals surface area (Å²) in [6.45, 7) is 7.77. The molecule has 5 heteroatoms. The van der Waals surface area contributed by atoms with E-state index in [1.165, 1.54) is 19.2 Å². The third kappa shape index (κ3) is 7.05. The van der Waals surface area contributed by atoms with E-state index in [2.05, 4.69) is 4.99 Å². The van der Waals surface area contributed by atoms with Crippen molar-refractivity contribution in [2.24, 2.45) is 10.4 Å². The number of nitrogens with zero attached hydrogens (tertiary/aromatic N) is 1. The van der Waals surface area contributed by atoms with E-state index >= 15 is 0 Å². The van der Waals surface area contributed by atoms with Crippen molar-refractivity contribution in [2.75, 3.05) is 7.05 Å². The Morgan fingerprint density at radius 3 is 2.27 bits per heavy atom. The number of ketones is 1. The van der Waals surface area contributed by atoms with Gasteiger partial charge in [0.2, 0.25) is 0 Å². The molecule has 0 saturated heterocycles. The lowest BCUT2D eigenvalue weighted by Crippen LogP contribution is -2.44. The van der Waals surface area contributed by atoms with Gasteiger partial charge in [0, 0.05) is 14.9 Å². The molecule has 33 heavy (non-hydrogen) atoms. The van der Waals surface area contributed by atoms with Gasteiger partial charge in [-0.25, -0.2) is 13.2 Å². The number of terminal acetylenes is 1. The Bertz CT molecular complexity index is 941. The number of aliphatic imine (C=N–C) groups is 1. The Labute approximate surface area is 197 Å². The van der Waals surface area contributed by atoms with Gasteiger partial charge in [-0.15, -0.1) is 6.42 Å². The van der Waals surface area contributed by atoms with Gasteiger partial charge in [0.15, 0.2) is 0 Å². The van der Waals surface area contributed by atoms with Crippen LogP contribution in [0.1, 0.15) is 59.9 Å². The molecule has 1 spiro atoms. The molecule has 3 rings (SSSR count). The Balaban J connectivity index is 0.000000832. The molecule has 180 valence electrons. The third-order valence-electron chi connectivity index (χ3n) is 5.84. The number of benzene rings is 1. The van der Waals surface area contributed by atoms with Gasteiger partial charge in [0.05, 0.1) is 5.41 Å². The van der Waals surface area contributed by atoms with Crippen molar-refractivity contribution in [1.82, 2.24) is 0 Å². The minimum absolute atomic E-state index is 0. The number of carbonyl (C=O) groups is 1. The first kappa shape index (κ1) is 28.2. The number of hydrogen-bond donors (Lipinski definition) is 0. The number of Topliss-reactive ketones (excluding diaryl/α,β-unsaturated/α-hetero) is 1. The highest BCUT2D eigenvalue weighted by molar-refractivity contribution is 6.50. The average Bonchev–Trinajstić information content (AvgIpc) is 3.05. The first-order valence-electron chi connectivity index (χ1n) is 11.3. The number of aryl methyl sites for hydroxylation is 1. The summed E-state index contributed by atoms with van der Waals surface area (Å²) in [5.41, 5.74) is 1.83. The molecule has 2 aliphatic carbocycles. The van der Waals surface area contributed by atoms with Crippen LogP contribution in [0.25, 0.3) is 0 Å². The molecule has 1 fully saturated rings. The molecule has 0 radical (unpaired) electrons. The number of halogens is 3. The smallest absolute Gasteiger partial charge is 0.260 e. The van der Waals surface area contributed by atoms with Crippen LogP contribution in [0, 0.1) is 30.5 Å². The quantitative estimate of drug-likeness (QED) is 0.146. The van der Waals surface area contributed by atoms with Crippen molar-refractivity contribution in [3.8, 4) is 12.3 Å². The lowest BCUT2D eigenvalue weighted by molar-refractivity contribution is -0.126. The highest BCUT2D eigenvalue weighted by atomic mass is 19.3. The minimum atomic E-state index is -2.65. The summed E-state index contributed by atoms with van der Waals surface area (Å²) in [5, 5.41) is 0. The maximum atomic E-state index is 14.2. The molecule has 0 atom stereocenters. The molecule has 0 heterocycles. The van der Waals surface area contributed by atoms with Crippen molar-refractivity contribution in [2.45, 2.75) is 65.7 Å². The van der Waals surface area contributed by atoms with E-state index in [0.717, 1.165) is 23.1 Å². The lowest BCUT2D eigenvalue weighted by atomic mass is 9.61. The van der Waals surface area contributed by atoms with E-state index in [-0.39, 0.29) is 19.4 Å². The highest BCUT2D eigenvalue weighted by Gasteiger charge is 2.61. The fourth-order valence-corrected chi connectivity index (χ4v) is 3.94. The molecule has 1 aromatic carbocycles. The van der Waals surface area contributed by atoms with Crippen LogP contribution in [-0.4, -0.2) is 24.5 Å². The Morgan fingerprint density at radius 2 is 1.85 bits per heavy atom. The summed E-state index contributed by atoms with van der Waals surface area (Å²) in [6, 6.07) is 6.40. The standard InChI is InChI=1S/C19H21F2NO.C7H7F.C2H6.H2/c1-4-7-14(13-16(22-3)17(23)5-2)12-15-8-11-19(20,21)18(15)9-6-10-18;1-6-2-4-7(8)5-3-6;1-2;/h2,4,7-8,13H,6,9-12H2,1,3H3;2-5H,1H3;1-2H3;1H/b7-4-,14-13+,22-16?;;;. The van der Waals surface area contributed by atoms with Crippen LogP contribution in [-0.2, 0) is 4.79 Å². The molecule has 0 amide bonds. The second-order valence-electron chi connectivity index (χ2n) is 7.85. The van der Waals surface area contributed by atoms with Gasteiger partial charge < -0.3 is 0 Å². The predicted octanol–water partition coefficient (Wildman–Crippen LogP) is 7.69. The summed E-state index contributed by atoms with van der Waals surface area (Å²) in [5.74, 6) is -1.29. The first-order valence-corrected chi connectivity index (χ1v) is 11.3. The maximum absolute atomic E-state index is 14.2. The van der Waals surface area contributed by atoms with Gasteiger partial charge in [-0.3, -0.25) is 9.79 Å². The molecule has 0 N–H and O–H groups in total. The molecule has 2 aliphatic rings. The zero-order valence-electron chi connectivity index (χ0n) is 20.2. The largest absolute Gasteiger partial charge is 0.284 e. The van der Waals surface area contributed by atoms with Crippen LogP contribution in [0.15, 0.2) is 64.7 Å². The maximum Gasteiger partial charge on any atom is 0.260 e. The van der Waals surface area contributed by atoms with Crippen molar-refractivity contribution < 1.29 is 19.4 Å². The number of alkyl halides is 2. The summed E-state index contributed by atoms with van der Waals surface area (Å²) in [6.07, 6.45) is 14.2. The van der Waals surface area contributed by atoms with E-state index in [1.54, 1.807) is 24.3 Å². The Hall–Kier alpha value is -2.87. The van der Waals surface area contributed by atoms with E-state index in [9.17, 15) is 18.0 Å². The number of rotatable bonds is 5. The van der Waals surface area contributed by atoms with Crippen LogP contribution in [0.4, 0.5) is 13.2 Å². The second-order valence-corrected chi connectivity index (χ2v) is 7.85. The topological polar surface area (TPSA) is 29.4 Å². The van der Waals surface area contributed by atoms with Gasteiger partial charge in [0.25, 0.3) is 11.7 Å². The van der Waals surface area contributed by atoms with Crippen LogP contribution in [0.3, 0.4) is 0 Å². The molecular weight excluding hydrogens is 423 g/mol. The molecule has 0 aromatic heterocycles. The molecule has 0 bridgehead atoms. The van der Waals surface area contributed by atoms with Crippen LogP contribution in [0.5, 0.6) is 0 Å². The highest BCUT2D eigenvalue weighted by Crippen LogP contribution is 2.63. The zero-order chi connectivity index (χ0) is 25.1. The number of carbonyl (C=O) groups excluding carboxylic acids is 1. The van der Waals surface area contributed by atoms with Crippen LogP contribution >= 0.6 is 0 Å². The Kier molecular flexibility index (Phi) is 11.1. The van der Waals surface area contributed by atoms with Gasteiger partial charge in [-0.05, 0) is 62.8 Å². The van der Waals surface area contributed by atoms with Crippen molar-refractivity contribution in [1.29, 1.82) is 0 Å². The molecule has 0 unspecified atom stereocenters. The average molecular weight is 460 g/mol. The predicted molar refractivity (Wildman–Crippen MR) is 133 cm³/mol. The molecule has 1 aromatic rings. The monoisotopic (exact) mass is 459 g/mol. The van der Waals surface area contributed by atoms with Crippen molar-refractivity contribution in [3.63, 3.8) is 0 Å². The summed E-state index contributed by atoms with van der Waals surface area (Å²) in [7, 11) is 1.49. The van der Waals surface area contributed by atoms with Crippen molar-refractivity contribution in [3.05, 3.63) is 71.1 Å². The van der Waals surface area contributed by atoms with E-state index < -0.39 is 17.1 Å². The zero-order valence-corrected chi connectivity index (χ0v) is 20.2. The van der Waals surface area contributed by atoms with Crippen molar-refractivity contribution >= 4 is 11.5 Å². The van der Waals surface area contributed by atoms with Gasteiger partial charge >= 0.3 is 0 Å². The molecule has 0 aliphatic heterocycles. The summed E-state index contributed by atoms with van der Waals surface area (Å²) < 4.78 is 40.6. The van der Waals surface area contributed by atoms with Crippen LogP contribution in [0.2, 0.25) is 0 Å². The second kappa shape index (κ2) is 13.0. The summed E-state index contributed by atoms with van der Waals surface area (Å²) in [4.78, 5) is 15.5.